The van der Waals surface area contributed by atoms with E-state index in [1.165, 1.54) is 11.5 Å². The van der Waals surface area contributed by atoms with E-state index in [0.29, 0.717) is 12.2 Å². The number of carbonyl (C=O) groups excluding carboxylic acids is 1. The zero-order valence-electron chi connectivity index (χ0n) is 6.83. The Hall–Kier alpha value is -1.16. The molecule has 0 aliphatic heterocycles. The molecule has 4 heteroatoms. The molecule has 64 valence electrons. The van der Waals surface area contributed by atoms with Gasteiger partial charge in [-0.3, -0.25) is 4.79 Å². The SMILES string of the molecule is C=CCNC(=O)c1cc(C)sn1. The number of nitrogens with one attached hydrogen (secondary N) is 1. The Labute approximate surface area is 75.3 Å². The van der Waals surface area contributed by atoms with Gasteiger partial charge in [-0.1, -0.05) is 6.08 Å². The number of amides is 1. The van der Waals surface area contributed by atoms with E-state index in [0.717, 1.165) is 4.88 Å². The molecule has 1 aromatic heterocycles. The highest BCUT2D eigenvalue weighted by Gasteiger charge is 2.06. The third kappa shape index (κ3) is 2.17. The Morgan fingerprint density at radius 3 is 3.17 bits per heavy atom. The molecular weight excluding hydrogens is 172 g/mol. The normalized spacial score (nSPS) is 9.42. The molecule has 0 aliphatic rings. The van der Waals surface area contributed by atoms with Gasteiger partial charge < -0.3 is 5.32 Å². The van der Waals surface area contributed by atoms with Crippen LogP contribution >= 0.6 is 11.5 Å². The first-order chi connectivity index (χ1) is 5.74. The molecule has 0 bridgehead atoms. The maximum absolute atomic E-state index is 11.2. The summed E-state index contributed by atoms with van der Waals surface area (Å²) in [5.74, 6) is -0.140. The molecule has 0 unspecified atom stereocenters. The minimum Gasteiger partial charge on any atom is -0.347 e. The van der Waals surface area contributed by atoms with Crippen molar-refractivity contribution in [3.8, 4) is 0 Å². The molecule has 1 amide bonds. The molecule has 3 nitrogen and oxygen atoms in total. The minimum absolute atomic E-state index is 0.140. The molecule has 0 aromatic carbocycles. The maximum Gasteiger partial charge on any atom is 0.271 e. The van der Waals surface area contributed by atoms with Gasteiger partial charge in [0, 0.05) is 11.4 Å². The number of hydrogen-bond donors (Lipinski definition) is 1. The predicted molar refractivity (Wildman–Crippen MR) is 49.4 cm³/mol. The monoisotopic (exact) mass is 182 g/mol. The van der Waals surface area contributed by atoms with E-state index in [1.54, 1.807) is 12.1 Å². The van der Waals surface area contributed by atoms with E-state index < -0.39 is 0 Å². The smallest absolute Gasteiger partial charge is 0.271 e. The van der Waals surface area contributed by atoms with Crippen LogP contribution in [0.3, 0.4) is 0 Å². The molecule has 0 radical (unpaired) electrons. The standard InChI is InChI=1S/C8H10N2OS/c1-3-4-9-8(11)7-5-6(2)12-10-7/h3,5H,1,4H2,2H3,(H,9,11). The van der Waals surface area contributed by atoms with Crippen LogP contribution in [0.25, 0.3) is 0 Å². The lowest BCUT2D eigenvalue weighted by atomic mass is 10.3. The summed E-state index contributed by atoms with van der Waals surface area (Å²) in [6.07, 6.45) is 1.64. The molecule has 0 atom stereocenters. The summed E-state index contributed by atoms with van der Waals surface area (Å²) in [5, 5.41) is 2.65. The minimum atomic E-state index is -0.140. The Kier molecular flexibility index (Phi) is 2.99. The van der Waals surface area contributed by atoms with Crippen molar-refractivity contribution < 1.29 is 4.79 Å². The van der Waals surface area contributed by atoms with Crippen LogP contribution in [0.15, 0.2) is 18.7 Å². The first kappa shape index (κ1) is 8.93. The molecule has 1 N–H and O–H groups in total. The zero-order valence-corrected chi connectivity index (χ0v) is 7.65. The molecule has 0 aliphatic carbocycles. The van der Waals surface area contributed by atoms with Crippen LogP contribution in [-0.4, -0.2) is 16.8 Å². The van der Waals surface area contributed by atoms with Gasteiger partial charge in [-0.05, 0) is 24.5 Å². The van der Waals surface area contributed by atoms with Crippen LogP contribution < -0.4 is 5.32 Å². The second-order valence-corrected chi connectivity index (χ2v) is 3.33. The fraction of sp³-hybridized carbons (Fsp3) is 0.250. The third-order valence-electron chi connectivity index (χ3n) is 1.27. The summed E-state index contributed by atoms with van der Waals surface area (Å²) < 4.78 is 3.96. The Morgan fingerprint density at radius 2 is 2.67 bits per heavy atom. The summed E-state index contributed by atoms with van der Waals surface area (Å²) >= 11 is 1.33. The van der Waals surface area contributed by atoms with Gasteiger partial charge in [0.25, 0.3) is 5.91 Å². The van der Waals surface area contributed by atoms with Gasteiger partial charge >= 0.3 is 0 Å². The Morgan fingerprint density at radius 1 is 1.92 bits per heavy atom. The van der Waals surface area contributed by atoms with Crippen molar-refractivity contribution in [1.82, 2.24) is 9.69 Å². The predicted octanol–water partition coefficient (Wildman–Crippen LogP) is 1.37. The molecule has 12 heavy (non-hydrogen) atoms. The number of aryl methyl sites for hydroxylation is 1. The second-order valence-electron chi connectivity index (χ2n) is 2.32. The third-order valence-corrected chi connectivity index (χ3v) is 1.96. The zero-order chi connectivity index (χ0) is 8.97. The summed E-state index contributed by atoms with van der Waals surface area (Å²) in [4.78, 5) is 12.2. The number of aromatic nitrogens is 1. The van der Waals surface area contributed by atoms with Gasteiger partial charge in [0.15, 0.2) is 0 Å². The quantitative estimate of drug-likeness (QED) is 0.717. The van der Waals surface area contributed by atoms with Crippen molar-refractivity contribution in [3.63, 3.8) is 0 Å². The second kappa shape index (κ2) is 4.01. The first-order valence-electron chi connectivity index (χ1n) is 3.56. The van der Waals surface area contributed by atoms with Gasteiger partial charge in [0.05, 0.1) is 0 Å². The van der Waals surface area contributed by atoms with Crippen LogP contribution in [-0.2, 0) is 0 Å². The average molecular weight is 182 g/mol. The van der Waals surface area contributed by atoms with Crippen LogP contribution in [0, 0.1) is 6.92 Å². The topological polar surface area (TPSA) is 42.0 Å². The highest BCUT2D eigenvalue weighted by atomic mass is 32.1. The van der Waals surface area contributed by atoms with Crippen molar-refractivity contribution in [2.24, 2.45) is 0 Å². The molecule has 0 spiro atoms. The molecular formula is C8H10N2OS. The van der Waals surface area contributed by atoms with Crippen molar-refractivity contribution in [3.05, 3.63) is 29.3 Å². The molecule has 1 aromatic rings. The van der Waals surface area contributed by atoms with Crippen LogP contribution in [0.4, 0.5) is 0 Å². The molecule has 1 rings (SSSR count). The van der Waals surface area contributed by atoms with E-state index in [9.17, 15) is 4.79 Å². The van der Waals surface area contributed by atoms with Crippen molar-refractivity contribution >= 4 is 17.4 Å². The Bertz CT molecular complexity index is 293. The summed E-state index contributed by atoms with van der Waals surface area (Å²) in [6, 6.07) is 1.77. The lowest BCUT2D eigenvalue weighted by Crippen LogP contribution is -2.23. The summed E-state index contributed by atoms with van der Waals surface area (Å²) in [5.41, 5.74) is 0.486. The van der Waals surface area contributed by atoms with Gasteiger partial charge in [-0.15, -0.1) is 6.58 Å². The van der Waals surface area contributed by atoms with Crippen LogP contribution in [0.5, 0.6) is 0 Å². The van der Waals surface area contributed by atoms with Gasteiger partial charge in [-0.25, -0.2) is 0 Å². The number of rotatable bonds is 3. The van der Waals surface area contributed by atoms with Gasteiger partial charge in [0.2, 0.25) is 0 Å². The van der Waals surface area contributed by atoms with E-state index in [1.807, 2.05) is 6.92 Å². The Balaban J connectivity index is 2.59. The lowest BCUT2D eigenvalue weighted by Gasteiger charge is -1.96. The van der Waals surface area contributed by atoms with Crippen LogP contribution in [0.1, 0.15) is 15.4 Å². The van der Waals surface area contributed by atoms with Gasteiger partial charge in [-0.2, -0.15) is 4.37 Å². The summed E-state index contributed by atoms with van der Waals surface area (Å²) in [7, 11) is 0. The number of nitrogens with zero attached hydrogens (tertiary/aromatic N) is 1. The summed E-state index contributed by atoms with van der Waals surface area (Å²) in [6.45, 7) is 5.90. The number of hydrogen-bond acceptors (Lipinski definition) is 3. The molecule has 0 saturated heterocycles. The van der Waals surface area contributed by atoms with Crippen LogP contribution in [0.2, 0.25) is 0 Å². The van der Waals surface area contributed by atoms with Crippen molar-refractivity contribution in [1.29, 1.82) is 0 Å². The van der Waals surface area contributed by atoms with Gasteiger partial charge in [0.1, 0.15) is 5.69 Å². The first-order valence-corrected chi connectivity index (χ1v) is 4.34. The van der Waals surface area contributed by atoms with E-state index in [-0.39, 0.29) is 5.91 Å². The maximum atomic E-state index is 11.2. The molecule has 1 heterocycles. The number of carbonyl (C=O) groups is 1. The lowest BCUT2D eigenvalue weighted by molar-refractivity contribution is 0.0954. The highest BCUT2D eigenvalue weighted by molar-refractivity contribution is 7.05. The van der Waals surface area contributed by atoms with Crippen molar-refractivity contribution in [2.45, 2.75) is 6.92 Å². The molecule has 0 saturated carbocycles. The van der Waals surface area contributed by atoms with E-state index in [2.05, 4.69) is 16.3 Å². The van der Waals surface area contributed by atoms with E-state index in [4.69, 9.17) is 0 Å². The molecule has 0 fully saturated rings. The fourth-order valence-corrected chi connectivity index (χ4v) is 1.27. The highest BCUT2D eigenvalue weighted by Crippen LogP contribution is 2.07. The van der Waals surface area contributed by atoms with E-state index >= 15 is 0 Å². The average Bonchev–Trinajstić information content (AvgIpc) is 2.47. The largest absolute Gasteiger partial charge is 0.347 e. The fourth-order valence-electron chi connectivity index (χ4n) is 0.729. The van der Waals surface area contributed by atoms with Crippen molar-refractivity contribution in [2.75, 3.05) is 6.54 Å².